The summed E-state index contributed by atoms with van der Waals surface area (Å²) in [7, 11) is -1.61. The van der Waals surface area contributed by atoms with Crippen LogP contribution in [0.25, 0.3) is 11.2 Å². The van der Waals surface area contributed by atoms with E-state index in [2.05, 4.69) is 19.5 Å². The van der Waals surface area contributed by atoms with Crippen LogP contribution in [0.15, 0.2) is 12.7 Å². The first kappa shape index (κ1) is 18.3. The van der Waals surface area contributed by atoms with Gasteiger partial charge in [-0.05, 0) is 0 Å². The van der Waals surface area contributed by atoms with Crippen LogP contribution in [0.5, 0.6) is 0 Å². The monoisotopic (exact) mass is 375 g/mol. The van der Waals surface area contributed by atoms with Crippen LogP contribution in [0.1, 0.15) is 19.6 Å². The van der Waals surface area contributed by atoms with Crippen molar-refractivity contribution in [3.05, 3.63) is 12.7 Å². The summed E-state index contributed by atoms with van der Waals surface area (Å²) in [5.41, 5.74) is 6.75. The van der Waals surface area contributed by atoms with Crippen LogP contribution >= 0.6 is 8.17 Å². The number of ether oxygens (including phenoxy) is 2. The van der Waals surface area contributed by atoms with Gasteiger partial charge < -0.3 is 0 Å². The van der Waals surface area contributed by atoms with E-state index in [1.165, 1.54) is 26.9 Å². The van der Waals surface area contributed by atoms with Gasteiger partial charge in [-0.15, -0.1) is 0 Å². The van der Waals surface area contributed by atoms with Crippen molar-refractivity contribution in [1.29, 1.82) is 0 Å². The molecular weight excluding hydrogens is 353 g/mol. The van der Waals surface area contributed by atoms with Crippen molar-refractivity contribution in [1.82, 2.24) is 19.5 Å². The number of nitrogens with two attached hydrogens (primary N) is 1. The van der Waals surface area contributed by atoms with E-state index in [1.807, 2.05) is 6.92 Å². The van der Waals surface area contributed by atoms with Crippen LogP contribution in [-0.4, -0.2) is 61.8 Å². The minimum absolute atomic E-state index is 0.257. The van der Waals surface area contributed by atoms with Crippen molar-refractivity contribution in [2.45, 2.75) is 37.9 Å². The number of nitrogens with zero attached hydrogens (tertiary/aromatic N) is 4. The van der Waals surface area contributed by atoms with Crippen molar-refractivity contribution < 1.29 is 28.3 Å². The summed E-state index contributed by atoms with van der Waals surface area (Å²) >= 11 is 0. The van der Waals surface area contributed by atoms with E-state index in [0.29, 0.717) is 17.6 Å². The summed E-state index contributed by atoms with van der Waals surface area (Å²) in [4.78, 5) is 32.0. The molecule has 2 aromatic heterocycles. The summed E-state index contributed by atoms with van der Waals surface area (Å²) in [6.45, 7) is 1.90. The van der Waals surface area contributed by atoms with E-state index >= 15 is 0 Å². The van der Waals surface area contributed by atoms with Crippen LogP contribution in [0.4, 0.5) is 5.82 Å². The van der Waals surface area contributed by atoms with Gasteiger partial charge in [-0.2, -0.15) is 0 Å². The van der Waals surface area contributed by atoms with Crippen molar-refractivity contribution in [3.8, 4) is 0 Å². The predicted octanol–water partition coefficient (Wildman–Crippen LogP) is 0.157. The minimum atomic E-state index is -4.27. The zero-order valence-electron chi connectivity index (χ0n) is 14.1. The van der Waals surface area contributed by atoms with E-state index < -0.39 is 32.7 Å². The van der Waals surface area contributed by atoms with Gasteiger partial charge in [0.1, 0.15) is 0 Å². The maximum atomic E-state index is 9.82. The third-order valence-electron chi connectivity index (χ3n) is 4.18. The average molecular weight is 375 g/mol. The molecule has 3 rings (SSSR count). The Balaban J connectivity index is 1.97. The van der Waals surface area contributed by atoms with Gasteiger partial charge in [0.05, 0.1) is 0 Å². The third-order valence-corrected chi connectivity index (χ3v) is 5.29. The van der Waals surface area contributed by atoms with E-state index in [0.717, 1.165) is 0 Å². The second-order valence-electron chi connectivity index (χ2n) is 5.59. The molecule has 4 atom stereocenters. The van der Waals surface area contributed by atoms with Gasteiger partial charge >= 0.3 is 143 Å². The Kier molecular flexibility index (Phi) is 5.16. The average Bonchev–Trinajstić information content (AvgIpc) is 3.16. The van der Waals surface area contributed by atoms with E-state index in [9.17, 15) is 9.79 Å². The first-order valence-corrected chi connectivity index (χ1v) is 9.42. The topological polar surface area (TPSA) is 147 Å². The second-order valence-corrected chi connectivity index (χ2v) is 7.33. The molecule has 0 spiro atoms. The molecule has 11 nitrogen and oxygen atoms in total. The van der Waals surface area contributed by atoms with Crippen LogP contribution in [0.2, 0.25) is 0 Å². The summed E-state index contributed by atoms with van der Waals surface area (Å²) in [6.07, 6.45) is 0.980. The van der Waals surface area contributed by atoms with Crippen LogP contribution in [0, 0.1) is 0 Å². The van der Waals surface area contributed by atoms with Crippen molar-refractivity contribution in [2.24, 2.45) is 0 Å². The van der Waals surface area contributed by atoms with E-state index in [4.69, 9.17) is 19.7 Å². The van der Waals surface area contributed by atoms with Gasteiger partial charge in [-0.1, -0.05) is 0 Å². The Morgan fingerprint density at radius 3 is 2.68 bits per heavy atom. The molecule has 2 unspecified atom stereocenters. The number of nitrogen functional groups attached to an aromatic ring is 1. The fraction of sp³-hybridized carbons (Fsp3) is 0.615. The van der Waals surface area contributed by atoms with Gasteiger partial charge in [0.15, 0.2) is 0 Å². The number of imidazole rings is 1. The molecule has 1 aliphatic heterocycles. The molecule has 0 radical (unpaired) electrons. The molecule has 4 N–H and O–H groups in total. The zero-order valence-corrected chi connectivity index (χ0v) is 15.1. The fourth-order valence-corrected chi connectivity index (χ4v) is 3.67. The molecule has 140 valence electrons. The zero-order chi connectivity index (χ0) is 18.2. The standard InChI is InChI=1S/C13H22N5O6P/c1-4-7-9(24-25(19,20)22-3)10(21-2)13(23-7)18-6-17-8-11(14)15-5-16-12(8)18/h5-7,9-10,13,19-20,25H,4H2,1-3H3,(H2,14,15,16)/t7-,9?,10?,13-/m1/s1. The first-order valence-electron chi connectivity index (χ1n) is 7.70. The molecular formula is C13H22N5O6P. The Bertz CT molecular complexity index is 743. The number of aromatic nitrogens is 4. The Morgan fingerprint density at radius 2 is 2.04 bits per heavy atom. The summed E-state index contributed by atoms with van der Waals surface area (Å²) in [5, 5.41) is 0. The molecule has 0 amide bonds. The quantitative estimate of drug-likeness (QED) is 0.596. The third kappa shape index (κ3) is 3.32. The van der Waals surface area contributed by atoms with Crippen molar-refractivity contribution in [2.75, 3.05) is 20.0 Å². The molecule has 1 saturated heterocycles. The van der Waals surface area contributed by atoms with Crippen LogP contribution in [-0.2, 0) is 18.5 Å². The molecule has 3 heterocycles. The van der Waals surface area contributed by atoms with Crippen LogP contribution < -0.4 is 5.73 Å². The van der Waals surface area contributed by atoms with Gasteiger partial charge in [-0.25, -0.2) is 0 Å². The molecule has 2 aromatic rings. The predicted molar refractivity (Wildman–Crippen MR) is 89.4 cm³/mol. The van der Waals surface area contributed by atoms with Gasteiger partial charge in [0, 0.05) is 0 Å². The molecule has 0 aromatic carbocycles. The molecule has 12 heteroatoms. The number of anilines is 1. The summed E-state index contributed by atoms with van der Waals surface area (Å²) in [6, 6.07) is 0. The maximum absolute atomic E-state index is 9.82. The number of rotatable bonds is 6. The first-order chi connectivity index (χ1) is 11.9. The van der Waals surface area contributed by atoms with Gasteiger partial charge in [0.2, 0.25) is 0 Å². The van der Waals surface area contributed by atoms with E-state index in [-0.39, 0.29) is 5.82 Å². The number of hydrogen-bond acceptors (Lipinski definition) is 10. The Hall–Kier alpha value is -1.46. The molecule has 0 saturated carbocycles. The normalized spacial score (nSPS) is 27.9. The summed E-state index contributed by atoms with van der Waals surface area (Å²) < 4.78 is 23.3. The summed E-state index contributed by atoms with van der Waals surface area (Å²) in [5.74, 6) is 0.257. The number of methoxy groups -OCH3 is 1. The van der Waals surface area contributed by atoms with Crippen LogP contribution in [0.3, 0.4) is 0 Å². The SMILES string of the molecule is CC[C@H]1O[C@@H](n2cnc3c(N)ncnc32)C(OC)C1O[PH](O)(O)OC. The molecule has 1 aliphatic rings. The Labute approximate surface area is 144 Å². The Morgan fingerprint density at radius 1 is 1.28 bits per heavy atom. The molecule has 25 heavy (non-hydrogen) atoms. The second kappa shape index (κ2) is 7.04. The van der Waals surface area contributed by atoms with Crippen molar-refractivity contribution >= 4 is 25.2 Å². The number of fused-ring (bicyclic) bond motifs is 1. The molecule has 0 aliphatic carbocycles. The molecule has 1 fully saturated rings. The molecule has 0 bridgehead atoms. The van der Waals surface area contributed by atoms with Crippen molar-refractivity contribution in [3.63, 3.8) is 0 Å². The fourth-order valence-electron chi connectivity index (χ4n) is 2.94. The van der Waals surface area contributed by atoms with Gasteiger partial charge in [-0.3, -0.25) is 0 Å². The van der Waals surface area contributed by atoms with Gasteiger partial charge in [0.25, 0.3) is 0 Å². The van der Waals surface area contributed by atoms with E-state index in [1.54, 1.807) is 4.57 Å². The number of hydrogen-bond donors (Lipinski definition) is 3.